The Morgan fingerprint density at radius 1 is 1.07 bits per heavy atom. The van der Waals surface area contributed by atoms with E-state index in [9.17, 15) is 4.79 Å². The van der Waals surface area contributed by atoms with Gasteiger partial charge in [-0.1, -0.05) is 49.4 Å². The maximum atomic E-state index is 12.8. The van der Waals surface area contributed by atoms with Gasteiger partial charge in [-0.15, -0.1) is 10.2 Å². The van der Waals surface area contributed by atoms with E-state index in [0.29, 0.717) is 5.65 Å². The molecule has 2 heterocycles. The lowest BCUT2D eigenvalue weighted by Gasteiger charge is -2.16. The van der Waals surface area contributed by atoms with E-state index < -0.39 is 0 Å². The molecule has 0 aliphatic rings. The molecular weight excluding hydrogens is 338 g/mol. The molecule has 6 heteroatoms. The second-order valence-electron chi connectivity index (χ2n) is 6.29. The average molecular weight is 357 g/mol. The van der Waals surface area contributed by atoms with Gasteiger partial charge >= 0.3 is 0 Å². The van der Waals surface area contributed by atoms with Gasteiger partial charge < -0.3 is 5.32 Å². The first-order chi connectivity index (χ1) is 13.2. The van der Waals surface area contributed by atoms with Crippen LogP contribution in [0.15, 0.2) is 73.1 Å². The summed E-state index contributed by atoms with van der Waals surface area (Å²) in [6, 6.07) is 21.3. The normalized spacial score (nSPS) is 12.0. The van der Waals surface area contributed by atoms with Crippen LogP contribution < -0.4 is 5.32 Å². The van der Waals surface area contributed by atoms with Gasteiger partial charge in [0, 0.05) is 11.3 Å². The molecule has 27 heavy (non-hydrogen) atoms. The summed E-state index contributed by atoms with van der Waals surface area (Å²) in [5, 5.41) is 15.3. The van der Waals surface area contributed by atoms with Crippen LogP contribution in [0, 0.1) is 0 Å². The SMILES string of the molecule is CC[C@@H](C(=O)Nc1cccc(-c2ccc3nncn3n2)c1)c1ccccc1. The lowest BCUT2D eigenvalue weighted by molar-refractivity contribution is -0.117. The highest BCUT2D eigenvalue weighted by Gasteiger charge is 2.18. The molecule has 1 amide bonds. The van der Waals surface area contributed by atoms with Crippen molar-refractivity contribution in [1.29, 1.82) is 0 Å². The minimum Gasteiger partial charge on any atom is -0.326 e. The third kappa shape index (κ3) is 3.55. The van der Waals surface area contributed by atoms with Crippen molar-refractivity contribution >= 4 is 17.2 Å². The second-order valence-corrected chi connectivity index (χ2v) is 6.29. The quantitative estimate of drug-likeness (QED) is 0.587. The highest BCUT2D eigenvalue weighted by Crippen LogP contribution is 2.24. The predicted octanol–water partition coefficient (Wildman–Crippen LogP) is 3.92. The number of nitrogens with one attached hydrogen (secondary N) is 1. The Hall–Kier alpha value is -3.54. The molecule has 0 saturated carbocycles. The number of anilines is 1. The van der Waals surface area contributed by atoms with Gasteiger partial charge in [0.2, 0.25) is 5.91 Å². The topological polar surface area (TPSA) is 72.2 Å². The number of carbonyl (C=O) groups is 1. The Balaban J connectivity index is 1.57. The molecule has 4 aromatic rings. The molecule has 0 bridgehead atoms. The van der Waals surface area contributed by atoms with Gasteiger partial charge in [0.05, 0.1) is 11.6 Å². The molecule has 0 aliphatic heterocycles. The van der Waals surface area contributed by atoms with Crippen molar-refractivity contribution in [3.05, 3.63) is 78.6 Å². The smallest absolute Gasteiger partial charge is 0.231 e. The molecule has 0 unspecified atom stereocenters. The molecule has 6 nitrogen and oxygen atoms in total. The van der Waals surface area contributed by atoms with Gasteiger partial charge in [0.1, 0.15) is 6.33 Å². The molecular formula is C21H19N5O. The molecule has 2 aromatic heterocycles. The molecule has 0 fully saturated rings. The van der Waals surface area contributed by atoms with Gasteiger partial charge in [0.15, 0.2) is 5.65 Å². The summed E-state index contributed by atoms with van der Waals surface area (Å²) in [7, 11) is 0. The van der Waals surface area contributed by atoms with Crippen molar-refractivity contribution < 1.29 is 4.79 Å². The highest BCUT2D eigenvalue weighted by molar-refractivity contribution is 5.96. The van der Waals surface area contributed by atoms with Crippen molar-refractivity contribution in [3.63, 3.8) is 0 Å². The monoisotopic (exact) mass is 357 g/mol. The lowest BCUT2D eigenvalue weighted by atomic mass is 9.95. The van der Waals surface area contributed by atoms with Crippen LogP contribution in [-0.4, -0.2) is 25.7 Å². The van der Waals surface area contributed by atoms with Gasteiger partial charge in [-0.05, 0) is 36.2 Å². The van der Waals surface area contributed by atoms with Crippen molar-refractivity contribution in [2.24, 2.45) is 0 Å². The van der Waals surface area contributed by atoms with Crippen LogP contribution in [0.2, 0.25) is 0 Å². The third-order valence-corrected chi connectivity index (χ3v) is 4.51. The standard InChI is InChI=1S/C21H19N5O/c1-2-18(15-7-4-3-5-8-15)21(27)23-17-10-6-9-16(13-17)19-11-12-20-24-22-14-26(20)25-19/h3-14,18H,2H2,1H3,(H,23,27)/t18-/m1/s1. The number of hydrogen-bond donors (Lipinski definition) is 1. The van der Waals surface area contributed by atoms with Gasteiger partial charge in [-0.25, -0.2) is 0 Å². The summed E-state index contributed by atoms with van der Waals surface area (Å²) >= 11 is 0. The summed E-state index contributed by atoms with van der Waals surface area (Å²) in [5.74, 6) is -0.190. The van der Waals surface area contributed by atoms with Crippen LogP contribution in [0.1, 0.15) is 24.8 Å². The van der Waals surface area contributed by atoms with Crippen molar-refractivity contribution in [2.75, 3.05) is 5.32 Å². The number of aromatic nitrogens is 4. The average Bonchev–Trinajstić information content (AvgIpc) is 3.17. The number of nitrogens with zero attached hydrogens (tertiary/aromatic N) is 4. The first-order valence-corrected chi connectivity index (χ1v) is 8.88. The molecule has 4 rings (SSSR count). The van der Waals surface area contributed by atoms with E-state index in [0.717, 1.165) is 28.9 Å². The fraction of sp³-hybridized carbons (Fsp3) is 0.143. The molecule has 134 valence electrons. The van der Waals surface area contributed by atoms with E-state index in [-0.39, 0.29) is 11.8 Å². The Kier molecular flexibility index (Phi) is 4.61. The van der Waals surface area contributed by atoms with Gasteiger partial charge in [-0.3, -0.25) is 4.79 Å². The Bertz CT molecular complexity index is 1070. The number of hydrogen-bond acceptors (Lipinski definition) is 4. The Labute approximate surface area is 156 Å². The fourth-order valence-corrected chi connectivity index (χ4v) is 3.13. The number of benzene rings is 2. The van der Waals surface area contributed by atoms with Crippen LogP contribution in [0.5, 0.6) is 0 Å². The van der Waals surface area contributed by atoms with Crippen LogP contribution in [0.25, 0.3) is 16.9 Å². The third-order valence-electron chi connectivity index (χ3n) is 4.51. The maximum Gasteiger partial charge on any atom is 0.231 e. The van der Waals surface area contributed by atoms with Gasteiger partial charge in [-0.2, -0.15) is 9.61 Å². The van der Waals surface area contributed by atoms with E-state index in [2.05, 4.69) is 20.6 Å². The largest absolute Gasteiger partial charge is 0.326 e. The first kappa shape index (κ1) is 16.9. The van der Waals surface area contributed by atoms with E-state index >= 15 is 0 Å². The summed E-state index contributed by atoms with van der Waals surface area (Å²) in [5.41, 5.74) is 4.16. The van der Waals surface area contributed by atoms with E-state index in [1.807, 2.05) is 73.7 Å². The molecule has 0 radical (unpaired) electrons. The lowest BCUT2D eigenvalue weighted by Crippen LogP contribution is -2.20. The minimum absolute atomic E-state index is 0.0110. The maximum absolute atomic E-state index is 12.8. The minimum atomic E-state index is -0.179. The fourth-order valence-electron chi connectivity index (χ4n) is 3.13. The molecule has 0 aliphatic carbocycles. The van der Waals surface area contributed by atoms with Crippen molar-refractivity contribution in [3.8, 4) is 11.3 Å². The first-order valence-electron chi connectivity index (χ1n) is 8.88. The summed E-state index contributed by atoms with van der Waals surface area (Å²) in [6.45, 7) is 2.02. The molecule has 0 saturated heterocycles. The van der Waals surface area contributed by atoms with Crippen LogP contribution in [-0.2, 0) is 4.79 Å². The zero-order chi connectivity index (χ0) is 18.6. The molecule has 1 atom stereocenters. The zero-order valence-corrected chi connectivity index (χ0v) is 14.9. The molecule has 0 spiro atoms. The predicted molar refractivity (Wildman–Crippen MR) is 104 cm³/mol. The number of carbonyl (C=O) groups excluding carboxylic acids is 1. The van der Waals surface area contributed by atoms with E-state index in [4.69, 9.17) is 0 Å². The Morgan fingerprint density at radius 3 is 2.74 bits per heavy atom. The zero-order valence-electron chi connectivity index (χ0n) is 14.9. The molecule has 1 N–H and O–H groups in total. The van der Waals surface area contributed by atoms with E-state index in [1.165, 1.54) is 0 Å². The summed E-state index contributed by atoms with van der Waals surface area (Å²) in [4.78, 5) is 12.8. The molecule has 2 aromatic carbocycles. The van der Waals surface area contributed by atoms with E-state index in [1.54, 1.807) is 10.8 Å². The summed E-state index contributed by atoms with van der Waals surface area (Å²) in [6.07, 6.45) is 2.30. The van der Waals surface area contributed by atoms with Crippen LogP contribution in [0.3, 0.4) is 0 Å². The summed E-state index contributed by atoms with van der Waals surface area (Å²) < 4.78 is 1.63. The van der Waals surface area contributed by atoms with Crippen LogP contribution >= 0.6 is 0 Å². The number of rotatable bonds is 5. The van der Waals surface area contributed by atoms with Gasteiger partial charge in [0.25, 0.3) is 0 Å². The second kappa shape index (κ2) is 7.37. The number of fused-ring (bicyclic) bond motifs is 1. The van der Waals surface area contributed by atoms with Crippen molar-refractivity contribution in [2.45, 2.75) is 19.3 Å². The van der Waals surface area contributed by atoms with Crippen molar-refractivity contribution in [1.82, 2.24) is 19.8 Å². The highest BCUT2D eigenvalue weighted by atomic mass is 16.1. The number of amides is 1. The van der Waals surface area contributed by atoms with Crippen LogP contribution in [0.4, 0.5) is 5.69 Å². The Morgan fingerprint density at radius 2 is 1.93 bits per heavy atom.